The number of rotatable bonds is 11. The quantitative estimate of drug-likeness (QED) is 0.321. The van der Waals surface area contributed by atoms with Crippen LogP contribution in [0.25, 0.3) is 21.9 Å². The van der Waals surface area contributed by atoms with Crippen molar-refractivity contribution in [1.82, 2.24) is 0 Å². The molecule has 7 heteroatoms. The molecule has 7 nitrogen and oxygen atoms in total. The van der Waals surface area contributed by atoms with Crippen LogP contribution in [0.5, 0.6) is 28.7 Å². The smallest absolute Gasteiger partial charge is 0.231 e. The van der Waals surface area contributed by atoms with Crippen LogP contribution in [0, 0.1) is 0 Å². The highest BCUT2D eigenvalue weighted by Gasteiger charge is 2.25. The van der Waals surface area contributed by atoms with Crippen LogP contribution in [0.3, 0.4) is 0 Å². The van der Waals surface area contributed by atoms with Gasteiger partial charge in [0.2, 0.25) is 6.79 Å². The molecule has 3 aromatic rings. The van der Waals surface area contributed by atoms with Gasteiger partial charge in [-0.2, -0.15) is 0 Å². The molecule has 0 saturated heterocycles. The number of ether oxygens (including phenoxy) is 6. The molecule has 1 heterocycles. The normalized spacial score (nSPS) is 12.7. The first-order valence-corrected chi connectivity index (χ1v) is 12.6. The van der Waals surface area contributed by atoms with Crippen molar-refractivity contribution in [2.24, 2.45) is 0 Å². The lowest BCUT2D eigenvalue weighted by molar-refractivity contribution is 0.118. The number of benzene rings is 3. The maximum Gasteiger partial charge on any atom is 0.231 e. The summed E-state index contributed by atoms with van der Waals surface area (Å²) in [5, 5.41) is 12.9. The topological polar surface area (TPSA) is 75.6 Å². The Morgan fingerprint density at radius 3 is 1.97 bits per heavy atom. The molecule has 1 N–H and O–H groups in total. The molecule has 0 radical (unpaired) electrons. The van der Waals surface area contributed by atoms with Gasteiger partial charge in [0, 0.05) is 24.2 Å². The lowest BCUT2D eigenvalue weighted by Crippen LogP contribution is -2.11. The van der Waals surface area contributed by atoms with Gasteiger partial charge in [0.05, 0.1) is 25.4 Å². The Labute approximate surface area is 212 Å². The number of phenols is 1. The highest BCUT2D eigenvalue weighted by molar-refractivity contribution is 6.04. The van der Waals surface area contributed by atoms with Gasteiger partial charge in [0.15, 0.2) is 23.0 Å². The van der Waals surface area contributed by atoms with Gasteiger partial charge in [0.25, 0.3) is 0 Å². The van der Waals surface area contributed by atoms with Crippen molar-refractivity contribution in [2.45, 2.75) is 67.0 Å². The predicted molar refractivity (Wildman–Crippen MR) is 139 cm³/mol. The Kier molecular flexibility index (Phi) is 8.11. The van der Waals surface area contributed by atoms with Crippen molar-refractivity contribution in [1.29, 1.82) is 0 Å². The molecule has 36 heavy (non-hydrogen) atoms. The SMILES string of the molecule is CCOCc1c(COCC)c(-c2ccc(OC(C)C)c(OC(C)C)c2)c2cc3c(cc2c1O)OCO3. The van der Waals surface area contributed by atoms with E-state index in [1.165, 1.54) is 0 Å². The zero-order valence-corrected chi connectivity index (χ0v) is 22.0. The number of fused-ring (bicyclic) bond motifs is 2. The third kappa shape index (κ3) is 5.32. The third-order valence-corrected chi connectivity index (χ3v) is 5.85. The summed E-state index contributed by atoms with van der Waals surface area (Å²) in [6, 6.07) is 9.70. The second-order valence-corrected chi connectivity index (χ2v) is 9.20. The number of aromatic hydroxyl groups is 1. The van der Waals surface area contributed by atoms with E-state index in [0.717, 1.165) is 22.1 Å². The Balaban J connectivity index is 2.02. The minimum Gasteiger partial charge on any atom is -0.507 e. The maximum atomic E-state index is 11.4. The standard InChI is InChI=1S/C29H36O7/c1-7-31-14-22-23(15-32-8-2)29(30)21-13-26-25(33-16-34-26)12-20(21)28(22)19-9-10-24(35-17(3)4)27(11-19)36-18(5)6/h9-13,17-18,30H,7-8,14-16H2,1-6H3. The Hall–Kier alpha value is -3.16. The van der Waals surface area contributed by atoms with E-state index in [0.29, 0.717) is 53.8 Å². The highest BCUT2D eigenvalue weighted by atomic mass is 16.7. The van der Waals surface area contributed by atoms with Crippen LogP contribution in [-0.2, 0) is 22.7 Å². The van der Waals surface area contributed by atoms with E-state index in [2.05, 4.69) is 0 Å². The number of hydrogen-bond donors (Lipinski definition) is 1. The van der Waals surface area contributed by atoms with Crippen LogP contribution in [0.1, 0.15) is 52.7 Å². The summed E-state index contributed by atoms with van der Waals surface area (Å²) < 4.78 is 35.2. The van der Waals surface area contributed by atoms with Crippen molar-refractivity contribution in [3.8, 4) is 39.9 Å². The third-order valence-electron chi connectivity index (χ3n) is 5.85. The molecule has 0 unspecified atom stereocenters. The van der Waals surface area contributed by atoms with Crippen LogP contribution in [0.4, 0.5) is 0 Å². The van der Waals surface area contributed by atoms with E-state index in [1.807, 2.05) is 71.9 Å². The molecule has 1 aliphatic heterocycles. The average Bonchev–Trinajstić information content (AvgIpc) is 3.29. The Morgan fingerprint density at radius 2 is 1.36 bits per heavy atom. The zero-order chi connectivity index (χ0) is 25.8. The summed E-state index contributed by atoms with van der Waals surface area (Å²) in [7, 11) is 0. The van der Waals surface area contributed by atoms with Crippen molar-refractivity contribution in [2.75, 3.05) is 20.0 Å². The molecule has 3 aromatic carbocycles. The molecule has 194 valence electrons. The van der Waals surface area contributed by atoms with E-state index >= 15 is 0 Å². The molecule has 0 atom stereocenters. The maximum absolute atomic E-state index is 11.4. The van der Waals surface area contributed by atoms with Crippen LogP contribution in [-0.4, -0.2) is 37.3 Å². The lowest BCUT2D eigenvalue weighted by atomic mass is 9.88. The van der Waals surface area contributed by atoms with E-state index in [1.54, 1.807) is 0 Å². The molecule has 0 spiro atoms. The Bertz CT molecular complexity index is 1220. The van der Waals surface area contributed by atoms with Crippen molar-refractivity contribution < 1.29 is 33.5 Å². The monoisotopic (exact) mass is 496 g/mol. The van der Waals surface area contributed by atoms with Gasteiger partial charge in [-0.25, -0.2) is 0 Å². The van der Waals surface area contributed by atoms with Crippen LogP contribution < -0.4 is 18.9 Å². The molecule has 0 saturated carbocycles. The van der Waals surface area contributed by atoms with Crippen LogP contribution in [0.2, 0.25) is 0 Å². The fraction of sp³-hybridized carbons (Fsp3) is 0.448. The molecule has 0 fully saturated rings. The molecule has 0 bridgehead atoms. The van der Waals surface area contributed by atoms with Gasteiger partial charge in [-0.3, -0.25) is 0 Å². The van der Waals surface area contributed by atoms with Gasteiger partial charge in [0.1, 0.15) is 5.75 Å². The summed E-state index contributed by atoms with van der Waals surface area (Å²) in [6.07, 6.45) is -0.0255. The molecule has 4 rings (SSSR count). The first kappa shape index (κ1) is 25.9. The predicted octanol–water partition coefficient (Wildman–Crippen LogP) is 6.59. The lowest BCUT2D eigenvalue weighted by Gasteiger charge is -2.22. The van der Waals surface area contributed by atoms with E-state index in [4.69, 9.17) is 28.4 Å². The largest absolute Gasteiger partial charge is 0.507 e. The summed E-state index contributed by atoms with van der Waals surface area (Å²) in [5.74, 6) is 2.75. The fourth-order valence-electron chi connectivity index (χ4n) is 4.38. The fourth-order valence-corrected chi connectivity index (χ4v) is 4.38. The van der Waals surface area contributed by atoms with E-state index < -0.39 is 0 Å². The van der Waals surface area contributed by atoms with E-state index in [-0.39, 0.29) is 31.4 Å². The highest BCUT2D eigenvalue weighted by Crippen LogP contribution is 2.48. The van der Waals surface area contributed by atoms with Crippen molar-refractivity contribution in [3.05, 3.63) is 41.5 Å². The molecular weight excluding hydrogens is 460 g/mol. The van der Waals surface area contributed by atoms with Gasteiger partial charge >= 0.3 is 0 Å². The second-order valence-electron chi connectivity index (χ2n) is 9.20. The van der Waals surface area contributed by atoms with Crippen LogP contribution in [0.15, 0.2) is 30.3 Å². The first-order valence-electron chi connectivity index (χ1n) is 12.6. The van der Waals surface area contributed by atoms with Crippen LogP contribution >= 0.6 is 0 Å². The minimum absolute atomic E-state index is 0.00547. The first-order chi connectivity index (χ1) is 17.3. The minimum atomic E-state index is -0.0310. The number of hydrogen-bond acceptors (Lipinski definition) is 7. The Morgan fingerprint density at radius 1 is 0.778 bits per heavy atom. The molecule has 1 aliphatic rings. The molecule has 0 amide bonds. The summed E-state index contributed by atoms with van der Waals surface area (Å²) >= 11 is 0. The van der Waals surface area contributed by atoms with Gasteiger partial charge in [-0.15, -0.1) is 0 Å². The zero-order valence-electron chi connectivity index (χ0n) is 22.0. The number of phenolic OH excluding ortho intramolecular Hbond substituents is 1. The van der Waals surface area contributed by atoms with Crippen molar-refractivity contribution in [3.63, 3.8) is 0 Å². The van der Waals surface area contributed by atoms with Gasteiger partial charge in [-0.1, -0.05) is 6.07 Å². The van der Waals surface area contributed by atoms with Crippen molar-refractivity contribution >= 4 is 10.8 Å². The van der Waals surface area contributed by atoms with E-state index in [9.17, 15) is 5.11 Å². The molecule has 0 aliphatic carbocycles. The molecule has 0 aromatic heterocycles. The molecular formula is C29H36O7. The summed E-state index contributed by atoms with van der Waals surface area (Å²) in [5.41, 5.74) is 3.40. The average molecular weight is 497 g/mol. The van der Waals surface area contributed by atoms with Gasteiger partial charge < -0.3 is 33.5 Å². The van der Waals surface area contributed by atoms with Gasteiger partial charge in [-0.05, 0) is 87.9 Å². The summed E-state index contributed by atoms with van der Waals surface area (Å²) in [6.45, 7) is 13.6. The summed E-state index contributed by atoms with van der Waals surface area (Å²) in [4.78, 5) is 0. The second kappa shape index (κ2) is 11.3.